The topological polar surface area (TPSA) is 18.5 Å². The van der Waals surface area contributed by atoms with Gasteiger partial charge < -0.3 is 0 Å². The van der Waals surface area contributed by atoms with E-state index in [9.17, 15) is 0 Å². The van der Waals surface area contributed by atoms with E-state index in [2.05, 4.69) is 13.8 Å². The SMILES string of the molecule is CCC[O][Al+][O]CCC. The molecule has 0 saturated carbocycles. The van der Waals surface area contributed by atoms with E-state index in [1.807, 2.05) is 0 Å². The van der Waals surface area contributed by atoms with Gasteiger partial charge in [-0.25, -0.2) is 0 Å². The molecular formula is C6H14AlO2+. The average Bonchev–Trinajstić information content (AvgIpc) is 1.89. The zero-order valence-corrected chi connectivity index (χ0v) is 7.38. The molecule has 2 nitrogen and oxygen atoms in total. The normalized spacial score (nSPS) is 9.11. The first-order valence-corrected chi connectivity index (χ1v) is 4.41. The first-order chi connectivity index (χ1) is 4.41. The Morgan fingerprint density at radius 3 is 1.78 bits per heavy atom. The fourth-order valence-corrected chi connectivity index (χ4v) is 1.14. The van der Waals surface area contributed by atoms with E-state index < -0.39 is 0 Å². The third kappa shape index (κ3) is 8.45. The van der Waals surface area contributed by atoms with Crippen molar-refractivity contribution in [2.45, 2.75) is 26.7 Å². The summed E-state index contributed by atoms with van der Waals surface area (Å²) < 4.78 is 10.3. The zero-order valence-electron chi connectivity index (χ0n) is 6.22. The first kappa shape index (κ1) is 9.45. The summed E-state index contributed by atoms with van der Waals surface area (Å²) in [6.07, 6.45) is 2.17. The Kier molecular flexibility index (Phi) is 8.88. The van der Waals surface area contributed by atoms with Crippen molar-refractivity contribution in [2.75, 3.05) is 13.2 Å². The molecule has 0 aliphatic heterocycles. The summed E-state index contributed by atoms with van der Waals surface area (Å²) in [7, 11) is 0. The van der Waals surface area contributed by atoms with Crippen molar-refractivity contribution in [3.05, 3.63) is 0 Å². The van der Waals surface area contributed by atoms with Gasteiger partial charge in [-0.3, -0.25) is 0 Å². The van der Waals surface area contributed by atoms with Crippen LogP contribution in [0.3, 0.4) is 0 Å². The number of hydrogen-bond donors (Lipinski definition) is 0. The Balaban J connectivity index is 2.60. The molecule has 0 N–H and O–H groups in total. The quantitative estimate of drug-likeness (QED) is 0.415. The van der Waals surface area contributed by atoms with Gasteiger partial charge in [0.15, 0.2) is 0 Å². The van der Waals surface area contributed by atoms with Gasteiger partial charge in [0.25, 0.3) is 0 Å². The molecule has 0 aliphatic rings. The van der Waals surface area contributed by atoms with Crippen LogP contribution in [0.2, 0.25) is 0 Å². The van der Waals surface area contributed by atoms with E-state index in [1.54, 1.807) is 0 Å². The minimum atomic E-state index is -0.182. The van der Waals surface area contributed by atoms with Gasteiger partial charge in [0.2, 0.25) is 0 Å². The Morgan fingerprint density at radius 1 is 1.00 bits per heavy atom. The van der Waals surface area contributed by atoms with Crippen LogP contribution in [0.1, 0.15) is 26.7 Å². The predicted molar refractivity (Wildman–Crippen MR) is 38.2 cm³/mol. The molecule has 0 aromatic carbocycles. The molecule has 0 saturated heterocycles. The molecule has 0 bridgehead atoms. The monoisotopic (exact) mass is 145 g/mol. The fraction of sp³-hybridized carbons (Fsp3) is 1.00. The first-order valence-electron chi connectivity index (χ1n) is 3.46. The molecular weight excluding hydrogens is 131 g/mol. The van der Waals surface area contributed by atoms with Crippen molar-refractivity contribution in [3.8, 4) is 0 Å². The van der Waals surface area contributed by atoms with Crippen molar-refractivity contribution in [1.82, 2.24) is 0 Å². The van der Waals surface area contributed by atoms with E-state index in [0.29, 0.717) is 0 Å². The predicted octanol–water partition coefficient (Wildman–Crippen LogP) is 1.37. The summed E-state index contributed by atoms with van der Waals surface area (Å²) >= 11 is -0.182. The van der Waals surface area contributed by atoms with Crippen molar-refractivity contribution in [1.29, 1.82) is 0 Å². The average molecular weight is 145 g/mol. The van der Waals surface area contributed by atoms with Crippen LogP contribution in [-0.4, -0.2) is 29.1 Å². The van der Waals surface area contributed by atoms with Gasteiger partial charge in [0.05, 0.1) is 0 Å². The molecule has 0 aromatic rings. The van der Waals surface area contributed by atoms with Gasteiger partial charge in [-0.15, -0.1) is 0 Å². The molecule has 0 spiro atoms. The molecule has 0 aliphatic carbocycles. The minimum absolute atomic E-state index is 0.182. The molecule has 3 heteroatoms. The van der Waals surface area contributed by atoms with Crippen LogP contribution in [-0.2, 0) is 7.58 Å². The van der Waals surface area contributed by atoms with Crippen LogP contribution in [0, 0.1) is 0 Å². The second-order valence-corrected chi connectivity index (χ2v) is 2.70. The van der Waals surface area contributed by atoms with Crippen LogP contribution in [0.15, 0.2) is 0 Å². The van der Waals surface area contributed by atoms with Crippen molar-refractivity contribution in [2.24, 2.45) is 0 Å². The second-order valence-electron chi connectivity index (χ2n) is 1.84. The summed E-state index contributed by atoms with van der Waals surface area (Å²) in [5.41, 5.74) is 0. The van der Waals surface area contributed by atoms with Gasteiger partial charge in [0.1, 0.15) is 0 Å². The van der Waals surface area contributed by atoms with Crippen molar-refractivity contribution >= 4 is 15.9 Å². The van der Waals surface area contributed by atoms with Gasteiger partial charge >= 0.3 is 63.4 Å². The fourth-order valence-electron chi connectivity index (χ4n) is 0.380. The summed E-state index contributed by atoms with van der Waals surface area (Å²) in [6, 6.07) is 0. The number of hydrogen-bond acceptors (Lipinski definition) is 2. The summed E-state index contributed by atoms with van der Waals surface area (Å²) in [5.74, 6) is 0. The van der Waals surface area contributed by atoms with Crippen LogP contribution in [0.4, 0.5) is 0 Å². The second kappa shape index (κ2) is 8.45. The molecule has 0 atom stereocenters. The van der Waals surface area contributed by atoms with Gasteiger partial charge in [-0.1, -0.05) is 0 Å². The molecule has 0 rings (SSSR count). The summed E-state index contributed by atoms with van der Waals surface area (Å²) in [6.45, 7) is 5.89. The van der Waals surface area contributed by atoms with E-state index >= 15 is 0 Å². The maximum atomic E-state index is 5.15. The van der Waals surface area contributed by atoms with E-state index in [1.165, 1.54) is 0 Å². The van der Waals surface area contributed by atoms with Crippen molar-refractivity contribution < 1.29 is 7.58 Å². The van der Waals surface area contributed by atoms with E-state index in [-0.39, 0.29) is 15.9 Å². The van der Waals surface area contributed by atoms with Crippen LogP contribution < -0.4 is 0 Å². The van der Waals surface area contributed by atoms with Gasteiger partial charge in [-0.05, 0) is 0 Å². The third-order valence-electron chi connectivity index (χ3n) is 0.780. The summed E-state index contributed by atoms with van der Waals surface area (Å²) in [4.78, 5) is 0. The van der Waals surface area contributed by atoms with Gasteiger partial charge in [-0.2, -0.15) is 0 Å². The zero-order chi connectivity index (χ0) is 6.95. The Bertz CT molecular complexity index is 44.3. The Hall–Kier alpha value is 0.452. The molecule has 9 heavy (non-hydrogen) atoms. The Labute approximate surface area is 63.9 Å². The standard InChI is InChI=1S/2C3H7O.Al/c2*1-2-3-4;/h2*2-3H2,1H3;/q2*-1;+3. The van der Waals surface area contributed by atoms with Crippen LogP contribution in [0.25, 0.3) is 0 Å². The Morgan fingerprint density at radius 2 is 1.44 bits per heavy atom. The van der Waals surface area contributed by atoms with Crippen LogP contribution >= 0.6 is 0 Å². The molecule has 0 aromatic heterocycles. The third-order valence-corrected chi connectivity index (χ3v) is 1.52. The molecule has 0 fully saturated rings. The molecule has 0 heterocycles. The number of rotatable bonds is 6. The molecule has 0 unspecified atom stereocenters. The van der Waals surface area contributed by atoms with E-state index in [4.69, 9.17) is 7.58 Å². The van der Waals surface area contributed by atoms with Gasteiger partial charge in [0, 0.05) is 0 Å². The summed E-state index contributed by atoms with van der Waals surface area (Å²) in [5, 5.41) is 0. The van der Waals surface area contributed by atoms with E-state index in [0.717, 1.165) is 26.1 Å². The van der Waals surface area contributed by atoms with Crippen molar-refractivity contribution in [3.63, 3.8) is 0 Å². The molecule has 0 amide bonds. The maximum absolute atomic E-state index is 5.15. The molecule has 0 radical (unpaired) electrons. The van der Waals surface area contributed by atoms with Crippen LogP contribution in [0.5, 0.6) is 0 Å². The molecule has 52 valence electrons.